The first-order valence-electron chi connectivity index (χ1n) is 7.79. The highest BCUT2D eigenvalue weighted by molar-refractivity contribution is 5.65. The molecule has 0 spiro atoms. The predicted molar refractivity (Wildman–Crippen MR) is 82.6 cm³/mol. The zero-order chi connectivity index (χ0) is 15.1. The van der Waals surface area contributed by atoms with Crippen LogP contribution in [0.4, 0.5) is 0 Å². The molecule has 114 valence electrons. The van der Waals surface area contributed by atoms with Crippen LogP contribution in [0.15, 0.2) is 12.4 Å². The summed E-state index contributed by atoms with van der Waals surface area (Å²) in [5.41, 5.74) is 3.29. The van der Waals surface area contributed by atoms with Crippen LogP contribution >= 0.6 is 0 Å². The molecule has 3 heterocycles. The van der Waals surface area contributed by atoms with Crippen molar-refractivity contribution in [3.63, 3.8) is 0 Å². The number of hydrogen-bond acceptors (Lipinski definition) is 3. The van der Waals surface area contributed by atoms with Crippen LogP contribution in [0.1, 0.15) is 58.6 Å². The highest BCUT2D eigenvalue weighted by atomic mass is 16.5. The standard InChI is InChI=1S/C16H24N4O/c1-10(2)14-15(13-8-17-20(9-13)11(3)4)18-19-7-6-12(5)21-16(14)19/h8-12H,6-7H2,1-5H3/t12-/m1/s1. The highest BCUT2D eigenvalue weighted by Gasteiger charge is 2.27. The fourth-order valence-corrected chi connectivity index (χ4v) is 2.77. The maximum absolute atomic E-state index is 6.05. The lowest BCUT2D eigenvalue weighted by Gasteiger charge is -2.23. The van der Waals surface area contributed by atoms with Gasteiger partial charge in [-0.1, -0.05) is 13.8 Å². The van der Waals surface area contributed by atoms with Gasteiger partial charge in [0, 0.05) is 36.3 Å². The first kappa shape index (κ1) is 14.2. The maximum atomic E-state index is 6.05. The van der Waals surface area contributed by atoms with E-state index in [0.717, 1.165) is 30.1 Å². The smallest absolute Gasteiger partial charge is 0.216 e. The monoisotopic (exact) mass is 288 g/mol. The Kier molecular flexibility index (Phi) is 3.51. The second-order valence-corrected chi connectivity index (χ2v) is 6.47. The van der Waals surface area contributed by atoms with Crippen molar-refractivity contribution in [2.45, 2.75) is 65.6 Å². The molecule has 0 saturated carbocycles. The molecule has 1 aliphatic heterocycles. The van der Waals surface area contributed by atoms with Crippen molar-refractivity contribution < 1.29 is 4.74 Å². The van der Waals surface area contributed by atoms with E-state index >= 15 is 0 Å². The number of rotatable bonds is 3. The molecule has 0 bridgehead atoms. The number of aromatic nitrogens is 4. The van der Waals surface area contributed by atoms with Crippen LogP contribution in [-0.2, 0) is 6.54 Å². The average Bonchev–Trinajstić information content (AvgIpc) is 3.01. The predicted octanol–water partition coefficient (Wildman–Crippen LogP) is 3.62. The average molecular weight is 288 g/mol. The molecule has 0 fully saturated rings. The van der Waals surface area contributed by atoms with Crippen molar-refractivity contribution in [3.05, 3.63) is 18.0 Å². The van der Waals surface area contributed by atoms with E-state index in [9.17, 15) is 0 Å². The fourth-order valence-electron chi connectivity index (χ4n) is 2.77. The Morgan fingerprint density at radius 3 is 2.67 bits per heavy atom. The second-order valence-electron chi connectivity index (χ2n) is 6.47. The van der Waals surface area contributed by atoms with Crippen LogP contribution in [0.3, 0.4) is 0 Å². The zero-order valence-corrected chi connectivity index (χ0v) is 13.5. The van der Waals surface area contributed by atoms with Crippen LogP contribution < -0.4 is 4.74 Å². The van der Waals surface area contributed by atoms with Crippen LogP contribution in [0.5, 0.6) is 5.88 Å². The van der Waals surface area contributed by atoms with E-state index < -0.39 is 0 Å². The van der Waals surface area contributed by atoms with Gasteiger partial charge >= 0.3 is 0 Å². The summed E-state index contributed by atoms with van der Waals surface area (Å²) < 4.78 is 10.0. The van der Waals surface area contributed by atoms with Gasteiger partial charge in [-0.25, -0.2) is 4.68 Å². The minimum Gasteiger partial charge on any atom is -0.475 e. The molecule has 1 aliphatic rings. The van der Waals surface area contributed by atoms with Gasteiger partial charge in [0.25, 0.3) is 0 Å². The number of fused-ring (bicyclic) bond motifs is 1. The van der Waals surface area contributed by atoms with Gasteiger partial charge in [-0.15, -0.1) is 0 Å². The topological polar surface area (TPSA) is 44.9 Å². The summed E-state index contributed by atoms with van der Waals surface area (Å²) in [7, 11) is 0. The lowest BCUT2D eigenvalue weighted by Crippen LogP contribution is -2.23. The lowest BCUT2D eigenvalue weighted by molar-refractivity contribution is 0.147. The zero-order valence-electron chi connectivity index (χ0n) is 13.5. The normalized spacial score (nSPS) is 18.1. The third-order valence-electron chi connectivity index (χ3n) is 3.98. The molecular weight excluding hydrogens is 264 g/mol. The van der Waals surface area contributed by atoms with Crippen molar-refractivity contribution in [1.29, 1.82) is 0 Å². The van der Waals surface area contributed by atoms with Gasteiger partial charge in [-0.3, -0.25) is 4.68 Å². The van der Waals surface area contributed by atoms with Gasteiger partial charge in [0.2, 0.25) is 5.88 Å². The van der Waals surface area contributed by atoms with Gasteiger partial charge < -0.3 is 4.74 Å². The Morgan fingerprint density at radius 1 is 1.29 bits per heavy atom. The lowest BCUT2D eigenvalue weighted by atomic mass is 10.0. The largest absolute Gasteiger partial charge is 0.475 e. The molecule has 21 heavy (non-hydrogen) atoms. The third kappa shape index (κ3) is 2.45. The number of aryl methyl sites for hydroxylation is 1. The fraction of sp³-hybridized carbons (Fsp3) is 0.625. The molecule has 0 unspecified atom stereocenters. The Bertz CT molecular complexity index is 639. The van der Waals surface area contributed by atoms with Gasteiger partial charge in [-0.2, -0.15) is 10.2 Å². The van der Waals surface area contributed by atoms with Crippen LogP contribution in [0.2, 0.25) is 0 Å². The maximum Gasteiger partial charge on any atom is 0.216 e. The number of ether oxygens (including phenoxy) is 1. The van der Waals surface area contributed by atoms with E-state index in [4.69, 9.17) is 9.84 Å². The Hall–Kier alpha value is -1.78. The van der Waals surface area contributed by atoms with Crippen LogP contribution in [0.25, 0.3) is 11.3 Å². The van der Waals surface area contributed by atoms with Crippen molar-refractivity contribution in [1.82, 2.24) is 19.6 Å². The second kappa shape index (κ2) is 5.20. The van der Waals surface area contributed by atoms with Gasteiger partial charge in [0.15, 0.2) is 0 Å². The molecule has 0 aliphatic carbocycles. The van der Waals surface area contributed by atoms with E-state index in [0.29, 0.717) is 12.0 Å². The summed E-state index contributed by atoms with van der Waals surface area (Å²) >= 11 is 0. The Balaban J connectivity index is 2.09. The van der Waals surface area contributed by atoms with Crippen molar-refractivity contribution in [2.75, 3.05) is 0 Å². The molecule has 0 aromatic carbocycles. The summed E-state index contributed by atoms with van der Waals surface area (Å²) in [6.45, 7) is 11.7. The molecule has 5 heteroatoms. The van der Waals surface area contributed by atoms with E-state index in [1.165, 1.54) is 5.56 Å². The molecule has 0 amide bonds. The molecule has 3 rings (SSSR count). The highest BCUT2D eigenvalue weighted by Crippen LogP contribution is 2.38. The van der Waals surface area contributed by atoms with Crippen LogP contribution in [0, 0.1) is 0 Å². The first-order chi connectivity index (χ1) is 9.97. The summed E-state index contributed by atoms with van der Waals surface area (Å²) in [6.07, 6.45) is 5.26. The minimum atomic E-state index is 0.262. The van der Waals surface area contributed by atoms with Gasteiger partial charge in [-0.05, 0) is 26.7 Å². The van der Waals surface area contributed by atoms with Gasteiger partial charge in [0.1, 0.15) is 5.69 Å². The molecule has 0 N–H and O–H groups in total. The molecule has 0 saturated heterocycles. The Morgan fingerprint density at radius 2 is 2.05 bits per heavy atom. The summed E-state index contributed by atoms with van der Waals surface area (Å²) in [6, 6.07) is 0.356. The number of nitrogens with zero attached hydrogens (tertiary/aromatic N) is 4. The summed E-state index contributed by atoms with van der Waals surface area (Å²) in [5.74, 6) is 1.31. The molecule has 2 aromatic rings. The van der Waals surface area contributed by atoms with E-state index in [1.54, 1.807) is 0 Å². The first-order valence-corrected chi connectivity index (χ1v) is 7.79. The SMILES string of the molecule is CC(C)c1c(-c2cnn(C(C)C)c2)nn2c1O[C@H](C)CC2. The van der Waals surface area contributed by atoms with Crippen molar-refractivity contribution in [2.24, 2.45) is 0 Å². The van der Waals surface area contributed by atoms with Gasteiger partial charge in [0.05, 0.1) is 12.3 Å². The van der Waals surface area contributed by atoms with Crippen LogP contribution in [-0.4, -0.2) is 25.7 Å². The van der Waals surface area contributed by atoms with Crippen molar-refractivity contribution in [3.8, 4) is 17.1 Å². The minimum absolute atomic E-state index is 0.262. The summed E-state index contributed by atoms with van der Waals surface area (Å²) in [4.78, 5) is 0. The number of hydrogen-bond donors (Lipinski definition) is 0. The molecule has 1 atom stereocenters. The van der Waals surface area contributed by atoms with E-state index in [-0.39, 0.29) is 6.10 Å². The quantitative estimate of drug-likeness (QED) is 0.866. The Labute approximate surface area is 125 Å². The third-order valence-corrected chi connectivity index (χ3v) is 3.98. The van der Waals surface area contributed by atoms with Crippen molar-refractivity contribution >= 4 is 0 Å². The summed E-state index contributed by atoms with van der Waals surface area (Å²) in [5, 5.41) is 9.23. The molecule has 5 nitrogen and oxygen atoms in total. The molecular formula is C16H24N4O. The molecule has 0 radical (unpaired) electrons. The molecule has 2 aromatic heterocycles. The van der Waals surface area contributed by atoms with E-state index in [2.05, 4.69) is 45.9 Å². The van der Waals surface area contributed by atoms with E-state index in [1.807, 2.05) is 15.6 Å².